The van der Waals surface area contributed by atoms with Gasteiger partial charge in [0.05, 0.1) is 22.3 Å². The van der Waals surface area contributed by atoms with Crippen LogP contribution in [0, 0.1) is 28.8 Å². The molecule has 4 aromatic rings. The van der Waals surface area contributed by atoms with E-state index in [9.17, 15) is 18.3 Å². The molecule has 13 heteroatoms. The molecule has 0 spiro atoms. The van der Waals surface area contributed by atoms with Crippen LogP contribution in [-0.4, -0.2) is 20.2 Å². The van der Waals surface area contributed by atoms with E-state index in [1.807, 2.05) is 6.92 Å². The lowest BCUT2D eigenvalue weighted by Crippen LogP contribution is -3.00. The van der Waals surface area contributed by atoms with Gasteiger partial charge in [0.1, 0.15) is 18.0 Å². The van der Waals surface area contributed by atoms with Crippen molar-refractivity contribution in [3.63, 3.8) is 0 Å². The third-order valence-electron chi connectivity index (χ3n) is 5.77. The standard InChI is InChI=1S/C24H20F3N5OS.3ClH/c1-3-22-29-13-32(31-22)12-24(33,17-8-19(26)20(27)9-18(17)25)14(2)23-30-21(11-34-23)16-6-4-15(10-28)5-7-16;;;/h4-9,11,13-14,33H,3,12H2,1-2H3;3*1H/t14-,24+;;;/m0.../s1. The first-order valence-corrected chi connectivity index (χ1v) is 11.4. The van der Waals surface area contributed by atoms with Crippen molar-refractivity contribution in [1.29, 1.82) is 5.26 Å². The Morgan fingerprint density at radius 3 is 2.38 bits per heavy atom. The van der Waals surface area contributed by atoms with Gasteiger partial charge in [0.15, 0.2) is 11.6 Å². The number of aliphatic hydroxyl groups is 1. The van der Waals surface area contributed by atoms with Gasteiger partial charge < -0.3 is 17.5 Å². The van der Waals surface area contributed by atoms with Crippen LogP contribution in [0.3, 0.4) is 0 Å². The predicted octanol–water partition coefficient (Wildman–Crippen LogP) is 2.21. The summed E-state index contributed by atoms with van der Waals surface area (Å²) in [6.45, 7) is 3.35. The number of aromatic amines is 1. The maximum Gasteiger partial charge on any atom is 0.307 e. The van der Waals surface area contributed by atoms with E-state index >= 15 is 0 Å². The van der Waals surface area contributed by atoms with Crippen LogP contribution >= 0.6 is 36.2 Å². The molecule has 2 atom stereocenters. The van der Waals surface area contributed by atoms with Gasteiger partial charge in [-0.15, -0.1) is 36.2 Å². The highest BCUT2D eigenvalue weighted by atomic mass is 35.5. The van der Waals surface area contributed by atoms with E-state index in [-0.39, 0.29) is 49.3 Å². The van der Waals surface area contributed by atoms with Crippen LogP contribution in [0.2, 0.25) is 0 Å². The molecule has 0 saturated heterocycles. The molecule has 0 radical (unpaired) electrons. The average Bonchev–Trinajstić information content (AvgIpc) is 3.50. The van der Waals surface area contributed by atoms with Crippen molar-refractivity contribution >= 4 is 36.2 Å². The quantitative estimate of drug-likeness (QED) is 0.255. The van der Waals surface area contributed by atoms with Gasteiger partial charge >= 0.3 is 6.33 Å². The summed E-state index contributed by atoms with van der Waals surface area (Å²) in [7, 11) is 0. The third-order valence-corrected chi connectivity index (χ3v) is 6.79. The van der Waals surface area contributed by atoms with Crippen LogP contribution < -0.4 is 17.1 Å². The number of H-pyrrole nitrogens is 1. The number of nitrogens with zero attached hydrogens (tertiary/aromatic N) is 4. The number of benzene rings is 2. The molecule has 2 heterocycles. The minimum atomic E-state index is -1.99. The SMILES string of the molecule is CCc1nc[n+](C[C@](O)(c2cc(F)c(F)cc2F)[C@@H](C)c2nc(-c3ccc(C#N)cc3)cs2)[nH]1.Cl.Cl.[Cl-]. The highest BCUT2D eigenvalue weighted by molar-refractivity contribution is 7.10. The molecule has 6 nitrogen and oxygen atoms in total. The molecule has 0 fully saturated rings. The maximum absolute atomic E-state index is 14.9. The molecule has 0 bridgehead atoms. The van der Waals surface area contributed by atoms with Crippen molar-refractivity contribution in [2.75, 3.05) is 0 Å². The van der Waals surface area contributed by atoms with E-state index in [0.717, 1.165) is 5.56 Å². The summed E-state index contributed by atoms with van der Waals surface area (Å²) in [5, 5.41) is 26.1. The first-order valence-electron chi connectivity index (χ1n) is 10.5. The van der Waals surface area contributed by atoms with Crippen molar-refractivity contribution in [2.24, 2.45) is 0 Å². The second-order valence-electron chi connectivity index (χ2n) is 7.94. The number of rotatable bonds is 7. The average molecular weight is 593 g/mol. The lowest BCUT2D eigenvalue weighted by atomic mass is 9.82. The summed E-state index contributed by atoms with van der Waals surface area (Å²) in [4.78, 5) is 8.80. The van der Waals surface area contributed by atoms with Gasteiger partial charge in [0, 0.05) is 34.9 Å². The van der Waals surface area contributed by atoms with Crippen LogP contribution in [0.4, 0.5) is 13.2 Å². The van der Waals surface area contributed by atoms with Crippen molar-refractivity contribution in [3.8, 4) is 17.3 Å². The van der Waals surface area contributed by atoms with Crippen LogP contribution in [0.5, 0.6) is 0 Å². The number of hydrogen-bond donors (Lipinski definition) is 2. The van der Waals surface area contributed by atoms with E-state index < -0.39 is 29.0 Å². The second-order valence-corrected chi connectivity index (χ2v) is 8.83. The predicted molar refractivity (Wildman–Crippen MR) is 134 cm³/mol. The van der Waals surface area contributed by atoms with E-state index in [4.69, 9.17) is 5.26 Å². The van der Waals surface area contributed by atoms with Gasteiger partial charge in [-0.25, -0.2) is 18.2 Å². The molecule has 2 aromatic heterocycles. The Bertz CT molecular complexity index is 1380. The van der Waals surface area contributed by atoms with E-state index in [1.165, 1.54) is 22.3 Å². The summed E-state index contributed by atoms with van der Waals surface area (Å²) in [6, 6.07) is 10.0. The zero-order valence-corrected chi connectivity index (χ0v) is 22.8. The van der Waals surface area contributed by atoms with Gasteiger partial charge in [-0.3, -0.25) is 0 Å². The van der Waals surface area contributed by atoms with Gasteiger partial charge in [-0.05, 0) is 23.2 Å². The molecule has 198 valence electrons. The van der Waals surface area contributed by atoms with Crippen molar-refractivity contribution in [1.82, 2.24) is 15.1 Å². The summed E-state index contributed by atoms with van der Waals surface area (Å²) in [6.07, 6.45) is 2.07. The van der Waals surface area contributed by atoms with Gasteiger partial charge in [-0.2, -0.15) is 15.0 Å². The number of nitrogens with one attached hydrogen (secondary N) is 1. The number of halogens is 6. The first kappa shape index (κ1) is 32.3. The van der Waals surface area contributed by atoms with E-state index in [2.05, 4.69) is 21.1 Å². The van der Waals surface area contributed by atoms with E-state index in [0.29, 0.717) is 40.6 Å². The first-order chi connectivity index (χ1) is 16.2. The number of thiazole rings is 1. The molecular formula is C24H23Cl3F3N5OS. The molecule has 2 aromatic carbocycles. The minimum Gasteiger partial charge on any atom is -1.00 e. The highest BCUT2D eigenvalue weighted by Gasteiger charge is 2.44. The fraction of sp³-hybridized carbons (Fsp3) is 0.250. The second kappa shape index (κ2) is 13.2. The van der Waals surface area contributed by atoms with Crippen LogP contribution in [0.25, 0.3) is 11.3 Å². The summed E-state index contributed by atoms with van der Waals surface area (Å²) in [5.41, 5.74) is -0.465. The third kappa shape index (κ3) is 6.61. The fourth-order valence-electron chi connectivity index (χ4n) is 3.72. The Morgan fingerprint density at radius 1 is 1.14 bits per heavy atom. The Kier molecular flexibility index (Phi) is 11.6. The number of hydrogen-bond acceptors (Lipinski definition) is 5. The Balaban J connectivity index is 0.00000228. The summed E-state index contributed by atoms with van der Waals surface area (Å²) >= 11 is 1.26. The maximum atomic E-state index is 14.9. The monoisotopic (exact) mass is 591 g/mol. The van der Waals surface area contributed by atoms with Crippen LogP contribution in [0.15, 0.2) is 48.1 Å². The van der Waals surface area contributed by atoms with Crippen LogP contribution in [0.1, 0.15) is 41.7 Å². The lowest BCUT2D eigenvalue weighted by molar-refractivity contribution is -0.765. The van der Waals surface area contributed by atoms with Gasteiger partial charge in [0.25, 0.3) is 5.82 Å². The lowest BCUT2D eigenvalue weighted by Gasteiger charge is -2.32. The van der Waals surface area contributed by atoms with Crippen LogP contribution in [-0.2, 0) is 18.6 Å². The summed E-state index contributed by atoms with van der Waals surface area (Å²) in [5.74, 6) is -3.81. The molecule has 4 rings (SSSR count). The fourth-order valence-corrected chi connectivity index (χ4v) is 4.69. The number of aryl methyl sites for hydroxylation is 1. The zero-order valence-electron chi connectivity index (χ0n) is 19.6. The molecule has 0 aliphatic rings. The van der Waals surface area contributed by atoms with Gasteiger partial charge in [0.2, 0.25) is 0 Å². The van der Waals surface area contributed by atoms with Crippen molar-refractivity contribution < 1.29 is 35.4 Å². The largest absolute Gasteiger partial charge is 1.00 e. The smallest absolute Gasteiger partial charge is 0.307 e. The molecule has 2 N–H and O–H groups in total. The Labute approximate surface area is 234 Å². The van der Waals surface area contributed by atoms with Crippen molar-refractivity contribution in [3.05, 3.63) is 87.5 Å². The van der Waals surface area contributed by atoms with Gasteiger partial charge in [-0.1, -0.05) is 26.0 Å². The normalized spacial score (nSPS) is 12.8. The molecule has 0 aliphatic carbocycles. The Morgan fingerprint density at radius 2 is 1.78 bits per heavy atom. The topological polar surface area (TPSA) is 89.5 Å². The van der Waals surface area contributed by atoms with E-state index in [1.54, 1.807) is 36.6 Å². The van der Waals surface area contributed by atoms with Crippen molar-refractivity contribution in [2.45, 2.75) is 38.3 Å². The minimum absolute atomic E-state index is 0. The molecular weight excluding hydrogens is 570 g/mol. The number of aromatic nitrogens is 4. The zero-order chi connectivity index (χ0) is 24.5. The molecule has 0 aliphatic heterocycles. The molecule has 37 heavy (non-hydrogen) atoms. The Hall–Kier alpha value is -2.68. The molecule has 0 amide bonds. The molecule has 0 saturated carbocycles. The summed E-state index contributed by atoms with van der Waals surface area (Å²) < 4.78 is 44.1. The number of nitriles is 1. The highest BCUT2D eigenvalue weighted by Crippen LogP contribution is 2.41. The molecule has 0 unspecified atom stereocenters.